The molecule has 5 aromatic rings. The molecule has 0 radical (unpaired) electrons. The molecular weight excluding hydrogens is 376 g/mol. The Balaban J connectivity index is 1.50. The van der Waals surface area contributed by atoms with Crippen molar-refractivity contribution in [2.24, 2.45) is 0 Å². The number of hydrogen-bond donors (Lipinski definition) is 0. The molecule has 0 bridgehead atoms. The minimum absolute atomic E-state index is 0.310. The average Bonchev–Trinajstić information content (AvgIpc) is 3.36. The molecular formula is C23H22N6O. The second-order valence-corrected chi connectivity index (χ2v) is 7.67. The molecule has 0 unspecified atom stereocenters. The van der Waals surface area contributed by atoms with E-state index in [0.29, 0.717) is 24.0 Å². The number of hydrogen-bond acceptors (Lipinski definition) is 5. The van der Waals surface area contributed by atoms with Crippen molar-refractivity contribution in [3.63, 3.8) is 0 Å². The highest BCUT2D eigenvalue weighted by Crippen LogP contribution is 2.28. The van der Waals surface area contributed by atoms with Gasteiger partial charge in [0.2, 0.25) is 0 Å². The van der Waals surface area contributed by atoms with Gasteiger partial charge in [-0.05, 0) is 42.2 Å². The number of aromatic nitrogens is 6. The van der Waals surface area contributed by atoms with Gasteiger partial charge in [0.25, 0.3) is 0 Å². The monoisotopic (exact) mass is 398 g/mol. The first-order valence-corrected chi connectivity index (χ1v) is 9.97. The Morgan fingerprint density at radius 2 is 1.83 bits per heavy atom. The van der Waals surface area contributed by atoms with Crippen LogP contribution in [-0.4, -0.2) is 29.4 Å². The SMILES string of the molecule is Cc1ccc(C(C)C)c(OCc2nnc3c4cnn(-c5ccccc5)c4ncn23)c1. The topological polar surface area (TPSA) is 70.1 Å². The van der Waals surface area contributed by atoms with E-state index in [2.05, 4.69) is 59.3 Å². The van der Waals surface area contributed by atoms with Crippen molar-refractivity contribution < 1.29 is 4.74 Å². The summed E-state index contributed by atoms with van der Waals surface area (Å²) in [6, 6.07) is 16.2. The van der Waals surface area contributed by atoms with Gasteiger partial charge < -0.3 is 4.74 Å². The van der Waals surface area contributed by atoms with Crippen molar-refractivity contribution in [2.75, 3.05) is 0 Å². The van der Waals surface area contributed by atoms with E-state index in [0.717, 1.165) is 28.0 Å². The number of benzene rings is 2. The summed E-state index contributed by atoms with van der Waals surface area (Å²) in [5.41, 5.74) is 4.76. The Kier molecular flexibility index (Phi) is 4.43. The zero-order valence-corrected chi connectivity index (χ0v) is 17.1. The fourth-order valence-electron chi connectivity index (χ4n) is 3.61. The number of para-hydroxylation sites is 1. The molecule has 0 fully saturated rings. The van der Waals surface area contributed by atoms with Crippen LogP contribution < -0.4 is 4.74 Å². The van der Waals surface area contributed by atoms with Gasteiger partial charge in [-0.25, -0.2) is 9.67 Å². The molecule has 3 aromatic heterocycles. The quantitative estimate of drug-likeness (QED) is 0.437. The van der Waals surface area contributed by atoms with E-state index in [4.69, 9.17) is 4.74 Å². The van der Waals surface area contributed by atoms with E-state index in [1.165, 1.54) is 5.56 Å². The van der Waals surface area contributed by atoms with Crippen LogP contribution >= 0.6 is 0 Å². The molecule has 2 aromatic carbocycles. The molecule has 3 heterocycles. The van der Waals surface area contributed by atoms with Crippen molar-refractivity contribution in [1.82, 2.24) is 29.4 Å². The van der Waals surface area contributed by atoms with Crippen LogP contribution in [0.5, 0.6) is 5.75 Å². The number of nitrogens with zero attached hydrogens (tertiary/aromatic N) is 6. The van der Waals surface area contributed by atoms with Gasteiger partial charge in [0, 0.05) is 0 Å². The van der Waals surface area contributed by atoms with Gasteiger partial charge in [0.15, 0.2) is 17.1 Å². The molecule has 7 heteroatoms. The van der Waals surface area contributed by atoms with Crippen LogP contribution in [0.3, 0.4) is 0 Å². The Hall–Kier alpha value is -3.74. The lowest BCUT2D eigenvalue weighted by Crippen LogP contribution is -2.05. The molecule has 0 saturated carbocycles. The highest BCUT2D eigenvalue weighted by molar-refractivity contribution is 5.89. The number of aryl methyl sites for hydroxylation is 1. The summed E-state index contributed by atoms with van der Waals surface area (Å²) >= 11 is 0. The number of ether oxygens (including phenoxy) is 1. The first-order chi connectivity index (χ1) is 14.6. The Bertz CT molecular complexity index is 1340. The van der Waals surface area contributed by atoms with Gasteiger partial charge in [-0.3, -0.25) is 4.40 Å². The van der Waals surface area contributed by atoms with Gasteiger partial charge in [-0.2, -0.15) is 5.10 Å². The number of fused-ring (bicyclic) bond motifs is 3. The van der Waals surface area contributed by atoms with Gasteiger partial charge >= 0.3 is 0 Å². The zero-order valence-electron chi connectivity index (χ0n) is 17.1. The molecule has 5 rings (SSSR count). The summed E-state index contributed by atoms with van der Waals surface area (Å²) in [7, 11) is 0. The first kappa shape index (κ1) is 18.3. The third-order valence-corrected chi connectivity index (χ3v) is 5.20. The Labute approximate surface area is 174 Å². The summed E-state index contributed by atoms with van der Waals surface area (Å²) in [4.78, 5) is 4.62. The summed E-state index contributed by atoms with van der Waals surface area (Å²) < 4.78 is 9.82. The van der Waals surface area contributed by atoms with Gasteiger partial charge in [-0.1, -0.05) is 44.2 Å². The predicted octanol–water partition coefficient (Wildman–Crippen LogP) is 4.47. The minimum atomic E-state index is 0.310. The van der Waals surface area contributed by atoms with Crippen molar-refractivity contribution in [3.05, 3.63) is 78.0 Å². The van der Waals surface area contributed by atoms with Crippen LogP contribution in [0.2, 0.25) is 0 Å². The summed E-state index contributed by atoms with van der Waals surface area (Å²) in [5, 5.41) is 14.1. The molecule has 0 aliphatic carbocycles. The second-order valence-electron chi connectivity index (χ2n) is 7.67. The number of rotatable bonds is 5. The normalized spacial score (nSPS) is 11.6. The van der Waals surface area contributed by atoms with E-state index in [9.17, 15) is 0 Å². The fourth-order valence-corrected chi connectivity index (χ4v) is 3.61. The van der Waals surface area contributed by atoms with Crippen molar-refractivity contribution in [1.29, 1.82) is 0 Å². The Morgan fingerprint density at radius 1 is 1.00 bits per heavy atom. The summed E-state index contributed by atoms with van der Waals surface area (Å²) in [6.07, 6.45) is 3.51. The third kappa shape index (κ3) is 3.08. The summed E-state index contributed by atoms with van der Waals surface area (Å²) in [6.45, 7) is 6.70. The van der Waals surface area contributed by atoms with Crippen molar-refractivity contribution in [2.45, 2.75) is 33.3 Å². The maximum atomic E-state index is 6.15. The molecule has 0 spiro atoms. The van der Waals surface area contributed by atoms with E-state index in [1.54, 1.807) is 12.5 Å². The highest BCUT2D eigenvalue weighted by Gasteiger charge is 2.15. The third-order valence-electron chi connectivity index (χ3n) is 5.20. The molecule has 0 aliphatic rings. The van der Waals surface area contributed by atoms with Crippen LogP contribution in [0.4, 0.5) is 0 Å². The van der Waals surface area contributed by atoms with Crippen molar-refractivity contribution in [3.8, 4) is 11.4 Å². The molecule has 0 saturated heterocycles. The van der Waals surface area contributed by atoms with Crippen LogP contribution in [-0.2, 0) is 6.61 Å². The summed E-state index contributed by atoms with van der Waals surface area (Å²) in [5.74, 6) is 1.96. The second kappa shape index (κ2) is 7.26. The van der Waals surface area contributed by atoms with E-state index in [-0.39, 0.29) is 0 Å². The van der Waals surface area contributed by atoms with Crippen LogP contribution in [0.15, 0.2) is 61.1 Å². The standard InChI is InChI=1S/C23H22N6O/c1-15(2)18-10-9-16(3)11-20(18)30-13-21-26-27-23-19-12-25-29(17-7-5-4-6-8-17)22(19)24-14-28(21)23/h4-12,14-15H,13H2,1-3H3. The Morgan fingerprint density at radius 3 is 2.63 bits per heavy atom. The van der Waals surface area contributed by atoms with Gasteiger partial charge in [0.05, 0.1) is 17.3 Å². The van der Waals surface area contributed by atoms with E-state index >= 15 is 0 Å². The predicted molar refractivity (Wildman–Crippen MR) is 115 cm³/mol. The molecule has 150 valence electrons. The van der Waals surface area contributed by atoms with Crippen LogP contribution in [0.25, 0.3) is 22.4 Å². The smallest absolute Gasteiger partial charge is 0.176 e. The minimum Gasteiger partial charge on any atom is -0.485 e. The zero-order chi connectivity index (χ0) is 20.7. The van der Waals surface area contributed by atoms with Crippen molar-refractivity contribution >= 4 is 16.7 Å². The molecule has 30 heavy (non-hydrogen) atoms. The van der Waals surface area contributed by atoms with Crippen LogP contribution in [0, 0.1) is 6.92 Å². The van der Waals surface area contributed by atoms with E-state index in [1.807, 2.05) is 39.4 Å². The molecule has 0 amide bonds. The highest BCUT2D eigenvalue weighted by atomic mass is 16.5. The average molecular weight is 398 g/mol. The molecule has 7 nitrogen and oxygen atoms in total. The van der Waals surface area contributed by atoms with E-state index < -0.39 is 0 Å². The lowest BCUT2D eigenvalue weighted by molar-refractivity contribution is 0.290. The molecule has 0 aliphatic heterocycles. The maximum absolute atomic E-state index is 6.15. The fraction of sp³-hybridized carbons (Fsp3) is 0.217. The van der Waals surface area contributed by atoms with Gasteiger partial charge in [-0.15, -0.1) is 10.2 Å². The lowest BCUT2D eigenvalue weighted by Gasteiger charge is -2.14. The largest absolute Gasteiger partial charge is 0.485 e. The first-order valence-electron chi connectivity index (χ1n) is 9.97. The maximum Gasteiger partial charge on any atom is 0.176 e. The lowest BCUT2D eigenvalue weighted by atomic mass is 10.0. The molecule has 0 atom stereocenters. The van der Waals surface area contributed by atoms with Gasteiger partial charge in [0.1, 0.15) is 18.7 Å². The molecule has 0 N–H and O–H groups in total. The van der Waals surface area contributed by atoms with Crippen LogP contribution in [0.1, 0.15) is 36.7 Å².